The first-order valence-electron chi connectivity index (χ1n) is 6.13. The standard InChI is InChI=1S/C13H18F3N3O/c1-9(17)10-4-3-5-11(8-10)18-12(20)19(2)7-6-13(14,15)16/h3-5,8-9H,6-7,17H2,1-2H3,(H,18,20). The summed E-state index contributed by atoms with van der Waals surface area (Å²) in [6.45, 7) is 1.42. The molecule has 0 aliphatic carbocycles. The Hall–Kier alpha value is -1.76. The van der Waals surface area contributed by atoms with Crippen molar-refractivity contribution in [1.82, 2.24) is 4.90 Å². The van der Waals surface area contributed by atoms with Crippen LogP contribution in [-0.2, 0) is 0 Å². The van der Waals surface area contributed by atoms with Gasteiger partial charge in [0.15, 0.2) is 0 Å². The summed E-state index contributed by atoms with van der Waals surface area (Å²) in [6, 6.07) is 6.12. The Balaban J connectivity index is 2.59. The lowest BCUT2D eigenvalue weighted by Gasteiger charge is -2.19. The number of halogens is 3. The van der Waals surface area contributed by atoms with E-state index in [9.17, 15) is 18.0 Å². The van der Waals surface area contributed by atoms with Crippen LogP contribution in [-0.4, -0.2) is 30.7 Å². The minimum atomic E-state index is -4.27. The summed E-state index contributed by atoms with van der Waals surface area (Å²) in [6.07, 6.45) is -5.31. The van der Waals surface area contributed by atoms with Crippen LogP contribution in [0.15, 0.2) is 24.3 Å². The predicted molar refractivity (Wildman–Crippen MR) is 71.4 cm³/mol. The molecule has 3 N–H and O–H groups in total. The molecule has 7 heteroatoms. The number of anilines is 1. The number of amides is 2. The van der Waals surface area contributed by atoms with E-state index in [-0.39, 0.29) is 12.6 Å². The van der Waals surface area contributed by atoms with E-state index in [1.54, 1.807) is 25.1 Å². The van der Waals surface area contributed by atoms with Gasteiger partial charge in [0.25, 0.3) is 0 Å². The third-order valence-electron chi connectivity index (χ3n) is 2.74. The molecule has 0 fully saturated rings. The summed E-state index contributed by atoms with van der Waals surface area (Å²) in [4.78, 5) is 12.7. The molecule has 1 rings (SSSR count). The van der Waals surface area contributed by atoms with Gasteiger partial charge in [0.2, 0.25) is 0 Å². The number of alkyl halides is 3. The van der Waals surface area contributed by atoms with Crippen molar-refractivity contribution in [2.45, 2.75) is 25.6 Å². The molecule has 0 saturated carbocycles. The third-order valence-corrected chi connectivity index (χ3v) is 2.74. The molecule has 0 aliphatic rings. The molecule has 112 valence electrons. The Labute approximate surface area is 115 Å². The summed E-state index contributed by atoms with van der Waals surface area (Å²) in [5.74, 6) is 0. The highest BCUT2D eigenvalue weighted by molar-refractivity contribution is 5.89. The molecule has 0 aromatic heterocycles. The zero-order valence-electron chi connectivity index (χ0n) is 11.4. The predicted octanol–water partition coefficient (Wildman–Crippen LogP) is 3.12. The molecule has 0 heterocycles. The van der Waals surface area contributed by atoms with Gasteiger partial charge in [-0.3, -0.25) is 0 Å². The molecule has 0 radical (unpaired) electrons. The molecule has 1 atom stereocenters. The number of rotatable bonds is 4. The largest absolute Gasteiger partial charge is 0.390 e. The van der Waals surface area contributed by atoms with Crippen LogP contribution >= 0.6 is 0 Å². The first-order valence-corrected chi connectivity index (χ1v) is 6.13. The van der Waals surface area contributed by atoms with Crippen LogP contribution in [0.2, 0.25) is 0 Å². The Kier molecular flexibility index (Phi) is 5.38. The smallest absolute Gasteiger partial charge is 0.327 e. The summed E-state index contributed by atoms with van der Waals surface area (Å²) in [5.41, 5.74) is 7.06. The number of hydrogen-bond donors (Lipinski definition) is 2. The van der Waals surface area contributed by atoms with Crippen LogP contribution in [0, 0.1) is 0 Å². The van der Waals surface area contributed by atoms with Crippen LogP contribution in [0.5, 0.6) is 0 Å². The average Bonchev–Trinajstić information content (AvgIpc) is 2.35. The van der Waals surface area contributed by atoms with Crippen molar-refractivity contribution in [1.29, 1.82) is 0 Å². The van der Waals surface area contributed by atoms with Crippen LogP contribution < -0.4 is 11.1 Å². The maximum Gasteiger partial charge on any atom is 0.390 e. The summed E-state index contributed by atoms with van der Waals surface area (Å²) in [5, 5.41) is 2.54. The van der Waals surface area contributed by atoms with Gasteiger partial charge < -0.3 is 16.0 Å². The van der Waals surface area contributed by atoms with Gasteiger partial charge in [-0.15, -0.1) is 0 Å². The minimum absolute atomic E-state index is 0.185. The Morgan fingerprint density at radius 2 is 2.10 bits per heavy atom. The van der Waals surface area contributed by atoms with Gasteiger partial charge in [-0.2, -0.15) is 13.2 Å². The van der Waals surface area contributed by atoms with E-state index >= 15 is 0 Å². The van der Waals surface area contributed by atoms with Crippen molar-refractivity contribution in [3.05, 3.63) is 29.8 Å². The molecular formula is C13H18F3N3O. The molecule has 20 heavy (non-hydrogen) atoms. The lowest BCUT2D eigenvalue weighted by Crippen LogP contribution is -2.34. The van der Waals surface area contributed by atoms with Crippen molar-refractivity contribution < 1.29 is 18.0 Å². The normalized spacial score (nSPS) is 12.9. The quantitative estimate of drug-likeness (QED) is 0.894. The highest BCUT2D eigenvalue weighted by Crippen LogP contribution is 2.20. The Morgan fingerprint density at radius 3 is 2.65 bits per heavy atom. The van der Waals surface area contributed by atoms with E-state index in [0.717, 1.165) is 10.5 Å². The molecule has 0 spiro atoms. The summed E-state index contributed by atoms with van der Waals surface area (Å²) >= 11 is 0. The Morgan fingerprint density at radius 1 is 1.45 bits per heavy atom. The molecule has 4 nitrogen and oxygen atoms in total. The molecule has 0 bridgehead atoms. The zero-order valence-corrected chi connectivity index (χ0v) is 11.4. The fourth-order valence-electron chi connectivity index (χ4n) is 1.51. The molecule has 1 aromatic carbocycles. The highest BCUT2D eigenvalue weighted by Gasteiger charge is 2.28. The number of carbonyl (C=O) groups is 1. The van der Waals surface area contributed by atoms with Gasteiger partial charge in [-0.05, 0) is 24.6 Å². The van der Waals surface area contributed by atoms with Gasteiger partial charge in [0, 0.05) is 25.3 Å². The number of nitrogens with one attached hydrogen (secondary N) is 1. The van der Waals surface area contributed by atoms with Crippen molar-refractivity contribution >= 4 is 11.7 Å². The minimum Gasteiger partial charge on any atom is -0.327 e. The monoisotopic (exact) mass is 289 g/mol. The van der Waals surface area contributed by atoms with Crippen molar-refractivity contribution in [3.8, 4) is 0 Å². The number of nitrogens with two attached hydrogens (primary N) is 1. The fraction of sp³-hybridized carbons (Fsp3) is 0.462. The number of benzene rings is 1. The third kappa shape index (κ3) is 5.48. The van der Waals surface area contributed by atoms with Gasteiger partial charge in [0.1, 0.15) is 0 Å². The van der Waals surface area contributed by atoms with Gasteiger partial charge >= 0.3 is 12.2 Å². The molecule has 1 unspecified atom stereocenters. The van der Waals surface area contributed by atoms with Crippen LogP contribution in [0.25, 0.3) is 0 Å². The second kappa shape index (κ2) is 6.60. The van der Waals surface area contributed by atoms with Crippen LogP contribution in [0.4, 0.5) is 23.7 Å². The SMILES string of the molecule is CC(N)c1cccc(NC(=O)N(C)CCC(F)(F)F)c1. The van der Waals surface area contributed by atoms with Gasteiger partial charge in [0.05, 0.1) is 6.42 Å². The van der Waals surface area contributed by atoms with E-state index in [1.165, 1.54) is 7.05 Å². The number of carbonyl (C=O) groups excluding carboxylic acids is 1. The van der Waals surface area contributed by atoms with Gasteiger partial charge in [-0.25, -0.2) is 4.79 Å². The van der Waals surface area contributed by atoms with Crippen molar-refractivity contribution in [2.75, 3.05) is 18.9 Å². The molecule has 0 aliphatic heterocycles. The van der Waals surface area contributed by atoms with E-state index in [1.807, 2.05) is 6.07 Å². The first kappa shape index (κ1) is 16.3. The first-order chi connectivity index (χ1) is 9.19. The van der Waals surface area contributed by atoms with E-state index in [2.05, 4.69) is 5.32 Å². The lowest BCUT2D eigenvalue weighted by atomic mass is 10.1. The second-order valence-corrected chi connectivity index (χ2v) is 4.63. The number of hydrogen-bond acceptors (Lipinski definition) is 2. The maximum atomic E-state index is 12.1. The van der Waals surface area contributed by atoms with E-state index in [4.69, 9.17) is 5.73 Å². The fourth-order valence-corrected chi connectivity index (χ4v) is 1.51. The molecule has 0 saturated heterocycles. The highest BCUT2D eigenvalue weighted by atomic mass is 19.4. The van der Waals surface area contributed by atoms with Crippen molar-refractivity contribution in [2.24, 2.45) is 5.73 Å². The van der Waals surface area contributed by atoms with E-state index in [0.29, 0.717) is 5.69 Å². The van der Waals surface area contributed by atoms with Crippen LogP contribution in [0.3, 0.4) is 0 Å². The van der Waals surface area contributed by atoms with Crippen LogP contribution in [0.1, 0.15) is 24.9 Å². The number of urea groups is 1. The zero-order chi connectivity index (χ0) is 15.3. The van der Waals surface area contributed by atoms with E-state index < -0.39 is 18.6 Å². The average molecular weight is 289 g/mol. The Bertz CT molecular complexity index is 460. The topological polar surface area (TPSA) is 58.4 Å². The molecule has 1 aromatic rings. The van der Waals surface area contributed by atoms with Crippen molar-refractivity contribution in [3.63, 3.8) is 0 Å². The molecular weight excluding hydrogens is 271 g/mol. The summed E-state index contributed by atoms with van der Waals surface area (Å²) < 4.78 is 36.2. The molecule has 2 amide bonds. The maximum absolute atomic E-state index is 12.1. The number of nitrogens with zero attached hydrogens (tertiary/aromatic N) is 1. The van der Waals surface area contributed by atoms with Gasteiger partial charge in [-0.1, -0.05) is 12.1 Å². The second-order valence-electron chi connectivity index (χ2n) is 4.63. The lowest BCUT2D eigenvalue weighted by molar-refractivity contribution is -0.135. The summed E-state index contributed by atoms with van der Waals surface area (Å²) in [7, 11) is 1.32.